The van der Waals surface area contributed by atoms with E-state index in [4.69, 9.17) is 4.74 Å². The van der Waals surface area contributed by atoms with Gasteiger partial charge in [0.15, 0.2) is 0 Å². The summed E-state index contributed by atoms with van der Waals surface area (Å²) in [6.45, 7) is 2.84. The Labute approximate surface area is 122 Å². The number of amides is 2. The van der Waals surface area contributed by atoms with E-state index >= 15 is 0 Å². The van der Waals surface area contributed by atoms with Crippen LogP contribution in [0.25, 0.3) is 0 Å². The number of nitrogens with zero attached hydrogens (tertiary/aromatic N) is 2. The zero-order valence-corrected chi connectivity index (χ0v) is 12.4. The number of ether oxygens (including phenoxy) is 1. The molecule has 1 heterocycles. The average Bonchev–Trinajstić information content (AvgIpc) is 2.90. The molecule has 0 saturated carbocycles. The van der Waals surface area contributed by atoms with E-state index < -0.39 is 0 Å². The van der Waals surface area contributed by atoms with Gasteiger partial charge in [0, 0.05) is 13.0 Å². The molecule has 112 valence electrons. The van der Waals surface area contributed by atoms with Gasteiger partial charge in [-0.25, -0.2) is 4.79 Å². The normalized spacial score (nSPS) is 10.1. The molecule has 20 heavy (non-hydrogen) atoms. The van der Waals surface area contributed by atoms with Crippen molar-refractivity contribution in [3.63, 3.8) is 0 Å². The second-order valence-electron chi connectivity index (χ2n) is 4.09. The molecule has 0 fully saturated rings. The van der Waals surface area contributed by atoms with Crippen LogP contribution in [-0.2, 0) is 9.53 Å². The Morgan fingerprint density at radius 2 is 2.10 bits per heavy atom. The number of nitrogens with one attached hydrogen (secondary N) is 2. The van der Waals surface area contributed by atoms with E-state index in [1.165, 1.54) is 11.3 Å². The summed E-state index contributed by atoms with van der Waals surface area (Å²) in [4.78, 5) is 22.5. The Bertz CT molecular complexity index is 397. The average molecular weight is 300 g/mol. The highest BCUT2D eigenvalue weighted by Crippen LogP contribution is 2.07. The van der Waals surface area contributed by atoms with Gasteiger partial charge in [-0.2, -0.15) is 0 Å². The van der Waals surface area contributed by atoms with Crippen molar-refractivity contribution in [1.29, 1.82) is 0 Å². The smallest absolute Gasteiger partial charge is 0.321 e. The summed E-state index contributed by atoms with van der Waals surface area (Å²) in [5.74, 6) is -0.137. The molecule has 0 radical (unpaired) electrons. The number of unbranched alkanes of at least 4 members (excludes halogenated alkanes) is 3. The van der Waals surface area contributed by atoms with Crippen molar-refractivity contribution >= 4 is 28.5 Å². The quantitative estimate of drug-likeness (QED) is 0.538. The van der Waals surface area contributed by atoms with Crippen molar-refractivity contribution < 1.29 is 14.3 Å². The van der Waals surface area contributed by atoms with Crippen LogP contribution in [0.4, 0.5) is 9.93 Å². The van der Waals surface area contributed by atoms with Gasteiger partial charge in [0.25, 0.3) is 0 Å². The number of hydrogen-bond acceptors (Lipinski definition) is 6. The highest BCUT2D eigenvalue weighted by molar-refractivity contribution is 7.13. The molecule has 0 atom stereocenters. The first kappa shape index (κ1) is 16.4. The van der Waals surface area contributed by atoms with Crippen molar-refractivity contribution in [2.45, 2.75) is 39.0 Å². The third-order valence-electron chi connectivity index (χ3n) is 2.48. The summed E-state index contributed by atoms with van der Waals surface area (Å²) in [6.07, 6.45) is 4.11. The number of anilines is 1. The number of esters is 1. The summed E-state index contributed by atoms with van der Waals surface area (Å²) < 4.78 is 4.84. The third kappa shape index (κ3) is 7.67. The van der Waals surface area contributed by atoms with Crippen LogP contribution >= 0.6 is 11.3 Å². The van der Waals surface area contributed by atoms with E-state index in [9.17, 15) is 9.59 Å². The summed E-state index contributed by atoms with van der Waals surface area (Å²) in [6, 6.07) is -0.270. The van der Waals surface area contributed by atoms with Gasteiger partial charge in [-0.05, 0) is 19.8 Å². The van der Waals surface area contributed by atoms with E-state index in [1.807, 2.05) is 0 Å². The van der Waals surface area contributed by atoms with Crippen molar-refractivity contribution in [2.24, 2.45) is 0 Å². The van der Waals surface area contributed by atoms with Gasteiger partial charge in [0.2, 0.25) is 5.13 Å². The van der Waals surface area contributed by atoms with Gasteiger partial charge < -0.3 is 10.1 Å². The molecule has 1 aromatic rings. The van der Waals surface area contributed by atoms with E-state index in [-0.39, 0.29) is 12.0 Å². The molecule has 0 bridgehead atoms. The molecular formula is C12H20N4O3S. The molecule has 2 amide bonds. The van der Waals surface area contributed by atoms with Crippen LogP contribution in [0.15, 0.2) is 5.51 Å². The van der Waals surface area contributed by atoms with Crippen LogP contribution in [0, 0.1) is 0 Å². The van der Waals surface area contributed by atoms with Crippen molar-refractivity contribution in [3.05, 3.63) is 5.51 Å². The number of hydrogen-bond donors (Lipinski definition) is 2. The van der Waals surface area contributed by atoms with Crippen LogP contribution in [0.1, 0.15) is 39.0 Å². The Hall–Kier alpha value is -1.70. The summed E-state index contributed by atoms with van der Waals surface area (Å²) in [5.41, 5.74) is 1.55. The first-order valence-corrected chi connectivity index (χ1v) is 7.57. The molecule has 7 nitrogen and oxygen atoms in total. The second kappa shape index (κ2) is 10.1. The number of aromatic nitrogens is 2. The molecule has 0 aliphatic carbocycles. The molecule has 8 heteroatoms. The Balaban J connectivity index is 1.92. The predicted molar refractivity (Wildman–Crippen MR) is 76.6 cm³/mol. The van der Waals surface area contributed by atoms with E-state index in [0.29, 0.717) is 24.7 Å². The van der Waals surface area contributed by atoms with Crippen molar-refractivity contribution in [3.8, 4) is 0 Å². The Morgan fingerprint density at radius 3 is 2.80 bits per heavy atom. The lowest BCUT2D eigenvalue weighted by Gasteiger charge is -2.05. The maximum atomic E-state index is 11.4. The van der Waals surface area contributed by atoms with Crippen molar-refractivity contribution in [1.82, 2.24) is 15.5 Å². The lowest BCUT2D eigenvalue weighted by atomic mass is 10.1. The van der Waals surface area contributed by atoms with Gasteiger partial charge in [-0.15, -0.1) is 10.2 Å². The minimum atomic E-state index is -0.270. The highest BCUT2D eigenvalue weighted by atomic mass is 32.1. The molecule has 1 aromatic heterocycles. The SMILES string of the molecule is CCOC(=O)CCCCCCNC(=O)Nc1nncs1. The fourth-order valence-corrected chi connectivity index (χ4v) is 1.99. The van der Waals surface area contributed by atoms with Crippen LogP contribution in [0.3, 0.4) is 0 Å². The standard InChI is InChI=1S/C12H20N4O3S/c1-2-19-10(17)7-5-3-4-6-8-13-11(18)15-12-16-14-9-20-12/h9H,2-8H2,1H3,(H2,13,15,16,18). The van der Waals surface area contributed by atoms with Crippen LogP contribution in [0.5, 0.6) is 0 Å². The monoisotopic (exact) mass is 300 g/mol. The molecule has 0 spiro atoms. The molecule has 0 aromatic carbocycles. The molecule has 1 rings (SSSR count). The van der Waals surface area contributed by atoms with E-state index in [0.717, 1.165) is 25.7 Å². The lowest BCUT2D eigenvalue weighted by molar-refractivity contribution is -0.143. The molecule has 0 saturated heterocycles. The number of carbonyl (C=O) groups is 2. The highest BCUT2D eigenvalue weighted by Gasteiger charge is 2.03. The van der Waals surface area contributed by atoms with Gasteiger partial charge in [0.05, 0.1) is 6.61 Å². The van der Waals surface area contributed by atoms with Gasteiger partial charge >= 0.3 is 12.0 Å². The lowest BCUT2D eigenvalue weighted by Crippen LogP contribution is -2.29. The van der Waals surface area contributed by atoms with Crippen LogP contribution in [-0.4, -0.2) is 35.3 Å². The zero-order chi connectivity index (χ0) is 14.6. The minimum absolute atomic E-state index is 0.137. The Morgan fingerprint density at radius 1 is 1.30 bits per heavy atom. The fourth-order valence-electron chi connectivity index (χ4n) is 1.55. The molecule has 0 aliphatic rings. The maximum Gasteiger partial charge on any atom is 0.321 e. The second-order valence-corrected chi connectivity index (χ2v) is 4.93. The van der Waals surface area contributed by atoms with Gasteiger partial charge in [-0.3, -0.25) is 10.1 Å². The van der Waals surface area contributed by atoms with Gasteiger partial charge in [0.1, 0.15) is 5.51 Å². The van der Waals surface area contributed by atoms with Crippen LogP contribution < -0.4 is 10.6 Å². The fraction of sp³-hybridized carbons (Fsp3) is 0.667. The van der Waals surface area contributed by atoms with Crippen molar-refractivity contribution in [2.75, 3.05) is 18.5 Å². The number of urea groups is 1. The molecule has 0 aliphatic heterocycles. The first-order valence-electron chi connectivity index (χ1n) is 6.69. The van der Waals surface area contributed by atoms with E-state index in [1.54, 1.807) is 12.4 Å². The summed E-state index contributed by atoms with van der Waals surface area (Å²) >= 11 is 1.27. The minimum Gasteiger partial charge on any atom is -0.466 e. The topological polar surface area (TPSA) is 93.2 Å². The van der Waals surface area contributed by atoms with E-state index in [2.05, 4.69) is 20.8 Å². The molecule has 2 N–H and O–H groups in total. The zero-order valence-electron chi connectivity index (χ0n) is 11.6. The first-order chi connectivity index (χ1) is 9.72. The summed E-state index contributed by atoms with van der Waals surface area (Å²) in [5, 5.41) is 13.1. The largest absolute Gasteiger partial charge is 0.466 e. The predicted octanol–water partition coefficient (Wildman–Crippen LogP) is 2.17. The van der Waals surface area contributed by atoms with Gasteiger partial charge in [-0.1, -0.05) is 24.2 Å². The number of rotatable bonds is 9. The maximum absolute atomic E-state index is 11.4. The number of carbonyl (C=O) groups excluding carboxylic acids is 2. The molecular weight excluding hydrogens is 280 g/mol. The third-order valence-corrected chi connectivity index (χ3v) is 3.09. The summed E-state index contributed by atoms with van der Waals surface area (Å²) in [7, 11) is 0. The van der Waals surface area contributed by atoms with Crippen LogP contribution in [0.2, 0.25) is 0 Å². The Kier molecular flexibility index (Phi) is 8.28. The molecule has 0 unspecified atom stereocenters.